The SMILES string of the molecule is CN(CC(O)C1CC1)C(=O)C1CCCN1c1ncnc2sccc12. The van der Waals surface area contributed by atoms with Gasteiger partial charge in [0.15, 0.2) is 0 Å². The van der Waals surface area contributed by atoms with Gasteiger partial charge in [-0.05, 0) is 43.0 Å². The van der Waals surface area contributed by atoms with Crippen LogP contribution in [-0.2, 0) is 4.79 Å². The van der Waals surface area contributed by atoms with E-state index in [9.17, 15) is 9.90 Å². The maximum absolute atomic E-state index is 12.9. The molecule has 1 aliphatic heterocycles. The number of hydrogen-bond acceptors (Lipinski definition) is 6. The van der Waals surface area contributed by atoms with Crippen LogP contribution in [0.4, 0.5) is 5.82 Å². The number of carbonyl (C=O) groups excluding carboxylic acids is 1. The molecule has 2 atom stereocenters. The fourth-order valence-electron chi connectivity index (χ4n) is 3.54. The highest BCUT2D eigenvalue weighted by molar-refractivity contribution is 7.16. The van der Waals surface area contributed by atoms with Crippen molar-refractivity contribution in [3.8, 4) is 0 Å². The number of aromatic nitrogens is 2. The van der Waals surface area contributed by atoms with Gasteiger partial charge in [0.1, 0.15) is 23.0 Å². The van der Waals surface area contributed by atoms with Gasteiger partial charge in [-0.2, -0.15) is 0 Å². The van der Waals surface area contributed by atoms with E-state index in [-0.39, 0.29) is 11.9 Å². The number of amides is 1. The molecule has 7 heteroatoms. The van der Waals surface area contributed by atoms with Crippen LogP contribution in [-0.4, -0.2) is 58.2 Å². The minimum atomic E-state index is -0.392. The molecule has 1 N–H and O–H groups in total. The summed E-state index contributed by atoms with van der Waals surface area (Å²) in [6, 6.07) is 1.83. The summed E-state index contributed by atoms with van der Waals surface area (Å²) in [7, 11) is 1.80. The lowest BCUT2D eigenvalue weighted by Crippen LogP contribution is -2.47. The molecule has 2 aromatic heterocycles. The van der Waals surface area contributed by atoms with Gasteiger partial charge in [0, 0.05) is 20.1 Å². The Bertz CT molecular complexity index is 745. The topological polar surface area (TPSA) is 69.6 Å². The Morgan fingerprint density at radius 3 is 3.08 bits per heavy atom. The molecule has 2 aliphatic rings. The largest absolute Gasteiger partial charge is 0.391 e. The van der Waals surface area contributed by atoms with E-state index >= 15 is 0 Å². The summed E-state index contributed by atoms with van der Waals surface area (Å²) in [5, 5.41) is 13.1. The number of carbonyl (C=O) groups is 1. The highest BCUT2D eigenvalue weighted by Gasteiger charge is 2.36. The van der Waals surface area contributed by atoms with Crippen LogP contribution in [0.25, 0.3) is 10.2 Å². The molecule has 1 aliphatic carbocycles. The monoisotopic (exact) mass is 346 g/mol. The summed E-state index contributed by atoms with van der Waals surface area (Å²) >= 11 is 1.59. The zero-order valence-corrected chi connectivity index (χ0v) is 14.6. The molecule has 4 rings (SSSR count). The first-order valence-electron chi connectivity index (χ1n) is 8.53. The molecule has 6 nitrogen and oxygen atoms in total. The fourth-order valence-corrected chi connectivity index (χ4v) is 4.27. The number of aliphatic hydroxyl groups excluding tert-OH is 1. The second-order valence-corrected chi connectivity index (χ2v) is 7.71. The van der Waals surface area contributed by atoms with Gasteiger partial charge in [-0.1, -0.05) is 0 Å². The van der Waals surface area contributed by atoms with Crippen molar-refractivity contribution in [1.29, 1.82) is 0 Å². The first kappa shape index (κ1) is 15.8. The average Bonchev–Trinajstić information content (AvgIpc) is 3.13. The van der Waals surface area contributed by atoms with Gasteiger partial charge in [0.05, 0.1) is 11.5 Å². The van der Waals surface area contributed by atoms with Gasteiger partial charge >= 0.3 is 0 Å². The number of aliphatic hydroxyl groups is 1. The highest BCUT2D eigenvalue weighted by Crippen LogP contribution is 2.34. The third kappa shape index (κ3) is 2.86. The van der Waals surface area contributed by atoms with Gasteiger partial charge in [0.25, 0.3) is 0 Å². The van der Waals surface area contributed by atoms with Gasteiger partial charge in [-0.3, -0.25) is 4.79 Å². The lowest BCUT2D eigenvalue weighted by molar-refractivity contribution is -0.132. The lowest BCUT2D eigenvalue weighted by Gasteiger charge is -2.30. The van der Waals surface area contributed by atoms with Crippen molar-refractivity contribution in [3.63, 3.8) is 0 Å². The maximum atomic E-state index is 12.9. The molecule has 1 saturated carbocycles. The van der Waals surface area contributed by atoms with E-state index in [1.165, 1.54) is 0 Å². The number of hydrogen-bond donors (Lipinski definition) is 1. The lowest BCUT2D eigenvalue weighted by atomic mass is 10.1. The number of thiophene rings is 1. The summed E-state index contributed by atoms with van der Waals surface area (Å²) in [4.78, 5) is 26.4. The van der Waals surface area contributed by atoms with Crippen molar-refractivity contribution in [2.45, 2.75) is 37.8 Å². The molecular formula is C17H22N4O2S. The Balaban J connectivity index is 1.53. The minimum Gasteiger partial charge on any atom is -0.391 e. The number of likely N-dealkylation sites (N-methyl/N-ethyl adjacent to an activating group) is 1. The molecule has 1 amide bonds. The maximum Gasteiger partial charge on any atom is 0.245 e. The Morgan fingerprint density at radius 1 is 1.46 bits per heavy atom. The predicted molar refractivity (Wildman–Crippen MR) is 94.2 cm³/mol. The molecule has 128 valence electrons. The van der Waals surface area contributed by atoms with Crippen LogP contribution in [0.15, 0.2) is 17.8 Å². The summed E-state index contributed by atoms with van der Waals surface area (Å²) in [5.41, 5.74) is 0. The number of nitrogens with zero attached hydrogens (tertiary/aromatic N) is 4. The van der Waals surface area contributed by atoms with Crippen LogP contribution in [0.1, 0.15) is 25.7 Å². The van der Waals surface area contributed by atoms with Crippen molar-refractivity contribution in [2.24, 2.45) is 5.92 Å². The van der Waals surface area contributed by atoms with E-state index in [2.05, 4.69) is 14.9 Å². The zero-order valence-electron chi connectivity index (χ0n) is 13.8. The van der Waals surface area contributed by atoms with Gasteiger partial charge in [0.2, 0.25) is 5.91 Å². The van der Waals surface area contributed by atoms with E-state index < -0.39 is 6.10 Å². The summed E-state index contributed by atoms with van der Waals surface area (Å²) < 4.78 is 0. The van der Waals surface area contributed by atoms with Crippen LogP contribution in [0.5, 0.6) is 0 Å². The molecule has 2 unspecified atom stereocenters. The van der Waals surface area contributed by atoms with Gasteiger partial charge in [-0.25, -0.2) is 9.97 Å². The Hall–Kier alpha value is -1.73. The molecular weight excluding hydrogens is 324 g/mol. The first-order chi connectivity index (χ1) is 11.6. The summed E-state index contributed by atoms with van der Waals surface area (Å²) in [6.07, 6.45) is 5.15. The second kappa shape index (κ2) is 6.29. The third-order valence-corrected chi connectivity index (χ3v) is 5.87. The molecule has 3 heterocycles. The van der Waals surface area contributed by atoms with Crippen LogP contribution < -0.4 is 4.90 Å². The van der Waals surface area contributed by atoms with E-state index in [1.807, 2.05) is 11.4 Å². The quantitative estimate of drug-likeness (QED) is 0.895. The second-order valence-electron chi connectivity index (χ2n) is 6.81. The number of anilines is 1. The molecule has 0 radical (unpaired) electrons. The molecule has 2 fully saturated rings. The normalized spacial score (nSPS) is 22.1. The molecule has 1 saturated heterocycles. The van der Waals surface area contributed by atoms with Crippen LogP contribution in [0, 0.1) is 5.92 Å². The van der Waals surface area contributed by atoms with Crippen LogP contribution in [0.2, 0.25) is 0 Å². The van der Waals surface area contributed by atoms with Crippen molar-refractivity contribution in [3.05, 3.63) is 17.8 Å². The molecule has 2 aromatic rings. The Morgan fingerprint density at radius 2 is 2.29 bits per heavy atom. The van der Waals surface area contributed by atoms with Crippen LogP contribution >= 0.6 is 11.3 Å². The smallest absolute Gasteiger partial charge is 0.245 e. The molecule has 0 aromatic carbocycles. The molecule has 0 bridgehead atoms. The molecule has 24 heavy (non-hydrogen) atoms. The van der Waals surface area contributed by atoms with Crippen LogP contribution in [0.3, 0.4) is 0 Å². The van der Waals surface area contributed by atoms with E-state index in [4.69, 9.17) is 0 Å². The summed E-state index contributed by atoms with van der Waals surface area (Å²) in [5.74, 6) is 1.31. The van der Waals surface area contributed by atoms with Crippen molar-refractivity contribution < 1.29 is 9.90 Å². The van der Waals surface area contributed by atoms with Crippen molar-refractivity contribution >= 4 is 33.3 Å². The fraction of sp³-hybridized carbons (Fsp3) is 0.588. The minimum absolute atomic E-state index is 0.0780. The Labute approximate surface area is 145 Å². The Kier molecular flexibility index (Phi) is 4.14. The number of rotatable bonds is 5. The van der Waals surface area contributed by atoms with Crippen molar-refractivity contribution in [2.75, 3.05) is 25.0 Å². The van der Waals surface area contributed by atoms with Crippen molar-refractivity contribution in [1.82, 2.24) is 14.9 Å². The van der Waals surface area contributed by atoms with E-state index in [0.717, 1.165) is 48.3 Å². The number of fused-ring (bicyclic) bond motifs is 1. The first-order valence-corrected chi connectivity index (χ1v) is 9.41. The average molecular weight is 346 g/mol. The highest BCUT2D eigenvalue weighted by atomic mass is 32.1. The van der Waals surface area contributed by atoms with Gasteiger partial charge in [-0.15, -0.1) is 11.3 Å². The zero-order chi connectivity index (χ0) is 16.7. The predicted octanol–water partition coefficient (Wildman–Crippen LogP) is 1.89. The van der Waals surface area contributed by atoms with Gasteiger partial charge < -0.3 is 14.9 Å². The molecule has 0 spiro atoms. The van der Waals surface area contributed by atoms with E-state index in [0.29, 0.717) is 12.5 Å². The third-order valence-electron chi connectivity index (χ3n) is 5.05. The van der Waals surface area contributed by atoms with E-state index in [1.54, 1.807) is 29.6 Å². The standard InChI is InChI=1S/C17H22N4O2S/c1-20(9-14(22)11-4-5-11)17(23)13-3-2-7-21(13)15-12-6-8-24-16(12)19-10-18-15/h6,8,10-11,13-14,22H,2-5,7,9H2,1H3. The summed E-state index contributed by atoms with van der Waals surface area (Å²) in [6.45, 7) is 1.25.